The molecule has 1 aliphatic rings. The van der Waals surface area contributed by atoms with E-state index in [9.17, 15) is 4.79 Å². The lowest BCUT2D eigenvalue weighted by Crippen LogP contribution is -2.29. The van der Waals surface area contributed by atoms with Crippen molar-refractivity contribution < 1.29 is 9.53 Å². The molecule has 0 radical (unpaired) electrons. The highest BCUT2D eigenvalue weighted by molar-refractivity contribution is 5.93. The molecule has 0 unspecified atom stereocenters. The summed E-state index contributed by atoms with van der Waals surface area (Å²) in [7, 11) is 1.54. The van der Waals surface area contributed by atoms with Gasteiger partial charge in [0.2, 0.25) is 5.88 Å². The van der Waals surface area contributed by atoms with Gasteiger partial charge in [0.15, 0.2) is 0 Å². The van der Waals surface area contributed by atoms with Crippen molar-refractivity contribution in [1.82, 2.24) is 20.3 Å². The second-order valence-electron chi connectivity index (χ2n) is 5.73. The van der Waals surface area contributed by atoms with Gasteiger partial charge >= 0.3 is 0 Å². The Morgan fingerprint density at radius 1 is 1.20 bits per heavy atom. The first kappa shape index (κ1) is 16.9. The zero-order valence-corrected chi connectivity index (χ0v) is 14.2. The third kappa shape index (κ3) is 4.56. The third-order valence-corrected chi connectivity index (χ3v) is 4.01. The van der Waals surface area contributed by atoms with Gasteiger partial charge in [-0.05, 0) is 18.9 Å². The van der Waals surface area contributed by atoms with Crippen molar-refractivity contribution in [2.24, 2.45) is 0 Å². The van der Waals surface area contributed by atoms with Gasteiger partial charge in [-0.15, -0.1) is 0 Å². The van der Waals surface area contributed by atoms with Crippen LogP contribution in [0.5, 0.6) is 5.88 Å². The number of amides is 1. The van der Waals surface area contributed by atoms with E-state index in [1.165, 1.54) is 26.1 Å². The lowest BCUT2D eigenvalue weighted by molar-refractivity contribution is 0.0954. The lowest BCUT2D eigenvalue weighted by atomic mass is 10.2. The van der Waals surface area contributed by atoms with E-state index in [1.807, 2.05) is 6.07 Å². The van der Waals surface area contributed by atoms with Crippen LogP contribution >= 0.6 is 0 Å². The summed E-state index contributed by atoms with van der Waals surface area (Å²) in [5.74, 6) is 2.02. The fourth-order valence-corrected chi connectivity index (χ4v) is 2.67. The van der Waals surface area contributed by atoms with Crippen molar-refractivity contribution in [3.05, 3.63) is 36.3 Å². The number of anilines is 2. The number of methoxy groups -OCH3 is 1. The van der Waals surface area contributed by atoms with E-state index in [0.717, 1.165) is 24.7 Å². The zero-order chi connectivity index (χ0) is 17.5. The molecular formula is C17H22N6O2. The van der Waals surface area contributed by atoms with Gasteiger partial charge in [-0.25, -0.2) is 15.0 Å². The molecule has 0 spiro atoms. The predicted octanol–water partition coefficient (Wildman–Crippen LogP) is 1.32. The number of pyridine rings is 1. The number of hydrogen-bond acceptors (Lipinski definition) is 7. The molecule has 8 nitrogen and oxygen atoms in total. The summed E-state index contributed by atoms with van der Waals surface area (Å²) < 4.78 is 4.97. The van der Waals surface area contributed by atoms with Gasteiger partial charge in [-0.3, -0.25) is 4.79 Å². The molecule has 3 heterocycles. The van der Waals surface area contributed by atoms with Crippen molar-refractivity contribution in [2.75, 3.05) is 43.5 Å². The summed E-state index contributed by atoms with van der Waals surface area (Å²) in [6.07, 6.45) is 5.48. The summed E-state index contributed by atoms with van der Waals surface area (Å²) in [5.41, 5.74) is 0.499. The van der Waals surface area contributed by atoms with Crippen LogP contribution in [0.4, 0.5) is 11.6 Å². The van der Waals surface area contributed by atoms with Crippen molar-refractivity contribution in [3.8, 4) is 5.88 Å². The first-order valence-electron chi connectivity index (χ1n) is 8.35. The van der Waals surface area contributed by atoms with Gasteiger partial charge in [0.05, 0.1) is 12.7 Å². The Hall–Kier alpha value is -2.90. The third-order valence-electron chi connectivity index (χ3n) is 4.01. The normalized spacial score (nSPS) is 13.6. The highest BCUT2D eigenvalue weighted by Gasteiger charge is 2.13. The molecule has 0 aliphatic carbocycles. The second kappa shape index (κ2) is 8.27. The number of hydrogen-bond donors (Lipinski definition) is 2. The minimum Gasteiger partial charge on any atom is -0.481 e. The van der Waals surface area contributed by atoms with Gasteiger partial charge in [0, 0.05) is 44.5 Å². The van der Waals surface area contributed by atoms with E-state index in [-0.39, 0.29) is 5.91 Å². The minimum atomic E-state index is -0.169. The molecule has 3 rings (SSSR count). The number of ether oxygens (including phenoxy) is 1. The van der Waals surface area contributed by atoms with E-state index in [0.29, 0.717) is 24.5 Å². The van der Waals surface area contributed by atoms with Crippen LogP contribution in [0, 0.1) is 0 Å². The van der Waals surface area contributed by atoms with Crippen LogP contribution in [0.15, 0.2) is 30.7 Å². The summed E-state index contributed by atoms with van der Waals surface area (Å²) in [5, 5.41) is 6.05. The van der Waals surface area contributed by atoms with E-state index < -0.39 is 0 Å². The number of carbonyl (C=O) groups is 1. The smallest absolute Gasteiger partial charge is 0.252 e. The van der Waals surface area contributed by atoms with Crippen molar-refractivity contribution in [3.63, 3.8) is 0 Å². The largest absolute Gasteiger partial charge is 0.481 e. The Morgan fingerprint density at radius 2 is 2.04 bits per heavy atom. The Labute approximate surface area is 146 Å². The molecule has 0 aromatic carbocycles. The standard InChI is InChI=1S/C17H22N6O2/c1-25-16-5-4-13(11-20-16)17(24)19-7-6-18-14-10-15(22-12-21-14)23-8-2-3-9-23/h4-5,10-12H,2-3,6-9H2,1H3,(H,19,24)(H,18,21,22). The van der Waals surface area contributed by atoms with Crippen LogP contribution < -0.4 is 20.3 Å². The topological polar surface area (TPSA) is 92.3 Å². The van der Waals surface area contributed by atoms with Gasteiger partial charge in [0.1, 0.15) is 18.0 Å². The van der Waals surface area contributed by atoms with Crippen LogP contribution in [-0.2, 0) is 0 Å². The molecule has 132 valence electrons. The highest BCUT2D eigenvalue weighted by atomic mass is 16.5. The number of rotatable bonds is 7. The molecule has 1 amide bonds. The van der Waals surface area contributed by atoms with E-state index in [1.54, 1.807) is 18.5 Å². The maximum absolute atomic E-state index is 12.0. The fraction of sp³-hybridized carbons (Fsp3) is 0.412. The van der Waals surface area contributed by atoms with Crippen LogP contribution in [-0.4, -0.2) is 54.1 Å². The SMILES string of the molecule is COc1ccc(C(=O)NCCNc2cc(N3CCCC3)ncn2)cn1. The summed E-state index contributed by atoms with van der Waals surface area (Å²) >= 11 is 0. The predicted molar refractivity (Wildman–Crippen MR) is 95.1 cm³/mol. The van der Waals surface area contributed by atoms with Crippen molar-refractivity contribution >= 4 is 17.5 Å². The van der Waals surface area contributed by atoms with Gasteiger partial charge in [-0.1, -0.05) is 0 Å². The molecule has 2 aromatic heterocycles. The molecule has 0 atom stereocenters. The average molecular weight is 342 g/mol. The Morgan fingerprint density at radius 3 is 2.76 bits per heavy atom. The van der Waals surface area contributed by atoms with Crippen molar-refractivity contribution in [2.45, 2.75) is 12.8 Å². The molecule has 0 saturated carbocycles. The fourth-order valence-electron chi connectivity index (χ4n) is 2.67. The number of aromatic nitrogens is 3. The van der Waals surface area contributed by atoms with Gasteiger partial charge in [-0.2, -0.15) is 0 Å². The lowest BCUT2D eigenvalue weighted by Gasteiger charge is -2.16. The maximum atomic E-state index is 12.0. The molecule has 2 aromatic rings. The van der Waals surface area contributed by atoms with Crippen LogP contribution in [0.2, 0.25) is 0 Å². The number of nitrogens with zero attached hydrogens (tertiary/aromatic N) is 4. The van der Waals surface area contributed by atoms with E-state index in [4.69, 9.17) is 4.74 Å². The van der Waals surface area contributed by atoms with Crippen molar-refractivity contribution in [1.29, 1.82) is 0 Å². The number of carbonyl (C=O) groups excluding carboxylic acids is 1. The number of nitrogens with one attached hydrogen (secondary N) is 2. The quantitative estimate of drug-likeness (QED) is 0.733. The molecule has 1 aliphatic heterocycles. The van der Waals surface area contributed by atoms with Crippen LogP contribution in [0.3, 0.4) is 0 Å². The first-order chi connectivity index (χ1) is 12.3. The van der Waals surface area contributed by atoms with Crippen LogP contribution in [0.1, 0.15) is 23.2 Å². The molecular weight excluding hydrogens is 320 g/mol. The Balaban J connectivity index is 1.44. The monoisotopic (exact) mass is 342 g/mol. The maximum Gasteiger partial charge on any atom is 0.252 e. The average Bonchev–Trinajstić information content (AvgIpc) is 3.20. The summed E-state index contributed by atoms with van der Waals surface area (Å²) in [6, 6.07) is 5.29. The zero-order valence-electron chi connectivity index (χ0n) is 14.2. The van der Waals surface area contributed by atoms with Gasteiger partial charge in [0.25, 0.3) is 5.91 Å². The molecule has 1 saturated heterocycles. The van der Waals surface area contributed by atoms with Gasteiger partial charge < -0.3 is 20.3 Å². The van der Waals surface area contributed by atoms with E-state index in [2.05, 4.69) is 30.5 Å². The molecule has 2 N–H and O–H groups in total. The van der Waals surface area contributed by atoms with E-state index >= 15 is 0 Å². The Kier molecular flexibility index (Phi) is 5.61. The van der Waals surface area contributed by atoms with Crippen LogP contribution in [0.25, 0.3) is 0 Å². The second-order valence-corrected chi connectivity index (χ2v) is 5.73. The molecule has 25 heavy (non-hydrogen) atoms. The molecule has 0 bridgehead atoms. The highest BCUT2D eigenvalue weighted by Crippen LogP contribution is 2.18. The Bertz CT molecular complexity index is 701. The molecule has 8 heteroatoms. The minimum absolute atomic E-state index is 0.169. The summed E-state index contributed by atoms with van der Waals surface area (Å²) in [6.45, 7) is 3.14. The first-order valence-corrected chi connectivity index (χ1v) is 8.35. The molecule has 1 fully saturated rings. The summed E-state index contributed by atoms with van der Waals surface area (Å²) in [4.78, 5) is 26.8.